The van der Waals surface area contributed by atoms with Crippen LogP contribution in [0, 0.1) is 0 Å². The highest BCUT2D eigenvalue weighted by atomic mass is 35.5. The van der Waals surface area contributed by atoms with Crippen molar-refractivity contribution in [1.29, 1.82) is 0 Å². The van der Waals surface area contributed by atoms with E-state index >= 15 is 0 Å². The molecule has 0 saturated carbocycles. The van der Waals surface area contributed by atoms with Gasteiger partial charge in [-0.3, -0.25) is 4.79 Å². The molecule has 26 heavy (non-hydrogen) atoms. The van der Waals surface area contributed by atoms with Crippen molar-refractivity contribution in [3.8, 4) is 11.5 Å². The Morgan fingerprint density at radius 2 is 1.69 bits per heavy atom. The van der Waals surface area contributed by atoms with Gasteiger partial charge in [-0.1, -0.05) is 60.1 Å². The summed E-state index contributed by atoms with van der Waals surface area (Å²) in [6.45, 7) is 2.43. The van der Waals surface area contributed by atoms with E-state index in [2.05, 4.69) is 5.32 Å². The average molecular weight is 370 g/mol. The van der Waals surface area contributed by atoms with Gasteiger partial charge in [0.15, 0.2) is 6.10 Å². The van der Waals surface area contributed by atoms with Crippen LogP contribution in [0.2, 0.25) is 5.02 Å². The van der Waals surface area contributed by atoms with Crippen LogP contribution in [0.3, 0.4) is 0 Å². The number of carbonyl (C=O) groups excluding carboxylic acids is 1. The van der Waals surface area contributed by atoms with Crippen molar-refractivity contribution in [2.24, 2.45) is 0 Å². The lowest BCUT2D eigenvalue weighted by Gasteiger charge is -2.16. The summed E-state index contributed by atoms with van der Waals surface area (Å²) in [6, 6.07) is 20.9. The van der Waals surface area contributed by atoms with Crippen LogP contribution in [0.1, 0.15) is 6.92 Å². The number of fused-ring (bicyclic) bond motifs is 1. The normalized spacial score (nSPS) is 11.8. The first-order valence-corrected chi connectivity index (χ1v) is 8.82. The standard InChI is InChI=1S/C21H20ClNO3/c1-15(26-19-12-6-8-16-7-2-3-9-17(16)19)21(24)23-13-14-25-20-11-5-4-10-18(20)22/h2-12,15H,13-14H2,1H3,(H,23,24)/t15-/m1/s1. The zero-order valence-electron chi connectivity index (χ0n) is 14.4. The molecule has 0 fully saturated rings. The molecule has 0 aromatic heterocycles. The molecule has 0 radical (unpaired) electrons. The molecule has 0 bridgehead atoms. The van der Waals surface area contributed by atoms with Crippen LogP contribution in [0.15, 0.2) is 66.7 Å². The fourth-order valence-corrected chi connectivity index (χ4v) is 2.77. The molecule has 3 aromatic carbocycles. The Balaban J connectivity index is 1.51. The molecule has 0 spiro atoms. The molecule has 0 unspecified atom stereocenters. The topological polar surface area (TPSA) is 47.6 Å². The lowest BCUT2D eigenvalue weighted by molar-refractivity contribution is -0.127. The molecule has 0 aliphatic heterocycles. The van der Waals surface area contributed by atoms with Crippen LogP contribution in [0.25, 0.3) is 10.8 Å². The Morgan fingerprint density at radius 3 is 2.54 bits per heavy atom. The van der Waals surface area contributed by atoms with Crippen LogP contribution >= 0.6 is 11.6 Å². The molecule has 134 valence electrons. The largest absolute Gasteiger partial charge is 0.490 e. The first kappa shape index (κ1) is 18.1. The van der Waals surface area contributed by atoms with Crippen molar-refractivity contribution in [3.63, 3.8) is 0 Å². The summed E-state index contributed by atoms with van der Waals surface area (Å²) in [5.74, 6) is 1.10. The molecule has 3 rings (SSSR count). The highest BCUT2D eigenvalue weighted by molar-refractivity contribution is 6.32. The number of ether oxygens (including phenoxy) is 2. The van der Waals surface area contributed by atoms with Crippen molar-refractivity contribution in [1.82, 2.24) is 5.32 Å². The number of nitrogens with one attached hydrogen (secondary N) is 1. The minimum absolute atomic E-state index is 0.194. The van der Waals surface area contributed by atoms with E-state index < -0.39 is 6.10 Å². The third-order valence-electron chi connectivity index (χ3n) is 3.92. The highest BCUT2D eigenvalue weighted by Crippen LogP contribution is 2.26. The molecular weight excluding hydrogens is 350 g/mol. The Hall–Kier alpha value is -2.72. The van der Waals surface area contributed by atoms with Gasteiger partial charge in [0.25, 0.3) is 5.91 Å². The monoisotopic (exact) mass is 369 g/mol. The van der Waals surface area contributed by atoms with E-state index in [0.717, 1.165) is 10.8 Å². The van der Waals surface area contributed by atoms with E-state index in [1.165, 1.54) is 0 Å². The molecular formula is C21H20ClNO3. The van der Waals surface area contributed by atoms with Gasteiger partial charge in [0.2, 0.25) is 0 Å². The minimum Gasteiger partial charge on any atom is -0.490 e. The van der Waals surface area contributed by atoms with Gasteiger partial charge >= 0.3 is 0 Å². The van der Waals surface area contributed by atoms with Gasteiger partial charge in [0, 0.05) is 5.39 Å². The van der Waals surface area contributed by atoms with Gasteiger partial charge < -0.3 is 14.8 Å². The first-order chi connectivity index (χ1) is 12.6. The zero-order valence-corrected chi connectivity index (χ0v) is 15.2. The van der Waals surface area contributed by atoms with Crippen LogP contribution < -0.4 is 14.8 Å². The van der Waals surface area contributed by atoms with Gasteiger partial charge in [0.05, 0.1) is 11.6 Å². The molecule has 3 aromatic rings. The Labute approximate surface area is 157 Å². The quantitative estimate of drug-likeness (QED) is 0.626. The maximum absolute atomic E-state index is 12.2. The van der Waals surface area contributed by atoms with Crippen molar-refractivity contribution >= 4 is 28.3 Å². The SMILES string of the molecule is C[C@@H](Oc1cccc2ccccc12)C(=O)NCCOc1ccccc1Cl. The van der Waals surface area contributed by atoms with E-state index in [9.17, 15) is 4.79 Å². The summed E-state index contributed by atoms with van der Waals surface area (Å²) in [5, 5.41) is 5.41. The molecule has 0 aliphatic carbocycles. The van der Waals surface area contributed by atoms with E-state index in [-0.39, 0.29) is 5.91 Å². The maximum Gasteiger partial charge on any atom is 0.260 e. The fraction of sp³-hybridized carbons (Fsp3) is 0.190. The second kappa shape index (κ2) is 8.59. The van der Waals surface area contributed by atoms with Crippen LogP contribution in [0.4, 0.5) is 0 Å². The third-order valence-corrected chi connectivity index (χ3v) is 4.23. The summed E-state index contributed by atoms with van der Waals surface area (Å²) >= 11 is 6.02. The summed E-state index contributed by atoms with van der Waals surface area (Å²) in [4.78, 5) is 12.2. The molecule has 0 heterocycles. The van der Waals surface area contributed by atoms with Gasteiger partial charge in [-0.05, 0) is 30.5 Å². The van der Waals surface area contributed by atoms with Crippen LogP contribution in [-0.2, 0) is 4.79 Å². The maximum atomic E-state index is 12.2. The van der Waals surface area contributed by atoms with E-state index in [4.69, 9.17) is 21.1 Å². The smallest absolute Gasteiger partial charge is 0.260 e. The van der Waals surface area contributed by atoms with E-state index in [0.29, 0.717) is 29.7 Å². The molecule has 1 N–H and O–H groups in total. The molecule has 0 aliphatic rings. The zero-order chi connectivity index (χ0) is 18.4. The van der Waals surface area contributed by atoms with E-state index in [1.54, 1.807) is 19.1 Å². The number of benzene rings is 3. The van der Waals surface area contributed by atoms with Crippen LogP contribution in [0.5, 0.6) is 11.5 Å². The second-order valence-corrected chi connectivity index (χ2v) is 6.21. The van der Waals surface area contributed by atoms with Crippen molar-refractivity contribution in [2.45, 2.75) is 13.0 Å². The van der Waals surface area contributed by atoms with Crippen molar-refractivity contribution in [3.05, 3.63) is 71.8 Å². The molecule has 5 heteroatoms. The second-order valence-electron chi connectivity index (χ2n) is 5.81. The number of carbonyl (C=O) groups is 1. The van der Waals surface area contributed by atoms with Crippen molar-refractivity contribution < 1.29 is 14.3 Å². The number of rotatable bonds is 7. The molecule has 4 nitrogen and oxygen atoms in total. The fourth-order valence-electron chi connectivity index (χ4n) is 2.58. The highest BCUT2D eigenvalue weighted by Gasteiger charge is 2.15. The van der Waals surface area contributed by atoms with Gasteiger partial charge in [-0.2, -0.15) is 0 Å². The summed E-state index contributed by atoms with van der Waals surface area (Å²) in [7, 11) is 0. The van der Waals surface area contributed by atoms with Gasteiger partial charge in [0.1, 0.15) is 18.1 Å². The lowest BCUT2D eigenvalue weighted by Crippen LogP contribution is -2.38. The van der Waals surface area contributed by atoms with E-state index in [1.807, 2.05) is 54.6 Å². The molecule has 0 saturated heterocycles. The third kappa shape index (κ3) is 4.46. The number of halogens is 1. The first-order valence-electron chi connectivity index (χ1n) is 8.44. The number of para-hydroxylation sites is 1. The Kier molecular flexibility index (Phi) is 5.97. The average Bonchev–Trinajstić information content (AvgIpc) is 2.66. The Morgan fingerprint density at radius 1 is 1.00 bits per heavy atom. The number of amides is 1. The number of hydrogen-bond donors (Lipinski definition) is 1. The molecule has 1 amide bonds. The van der Waals surface area contributed by atoms with Gasteiger partial charge in [-0.25, -0.2) is 0 Å². The lowest BCUT2D eigenvalue weighted by atomic mass is 10.1. The predicted molar refractivity (Wildman–Crippen MR) is 104 cm³/mol. The number of hydrogen-bond acceptors (Lipinski definition) is 3. The Bertz CT molecular complexity index is 892. The minimum atomic E-state index is -0.610. The van der Waals surface area contributed by atoms with Crippen LogP contribution in [-0.4, -0.2) is 25.2 Å². The summed E-state index contributed by atoms with van der Waals surface area (Å²) in [6.07, 6.45) is -0.610. The predicted octanol–water partition coefficient (Wildman–Crippen LogP) is 4.46. The summed E-state index contributed by atoms with van der Waals surface area (Å²) in [5.41, 5.74) is 0. The molecule has 1 atom stereocenters. The van der Waals surface area contributed by atoms with Crippen molar-refractivity contribution in [2.75, 3.05) is 13.2 Å². The summed E-state index contributed by atoms with van der Waals surface area (Å²) < 4.78 is 11.4. The van der Waals surface area contributed by atoms with Gasteiger partial charge in [-0.15, -0.1) is 0 Å².